The molecule has 1 aliphatic rings. The first-order valence-corrected chi connectivity index (χ1v) is 10.4. The number of carbonyl (C=O) groups is 1. The van der Waals surface area contributed by atoms with E-state index in [-0.39, 0.29) is 23.6 Å². The first kappa shape index (κ1) is 20.9. The number of aromatic nitrogens is 1. The van der Waals surface area contributed by atoms with Crippen molar-refractivity contribution in [3.63, 3.8) is 0 Å². The zero-order valence-corrected chi connectivity index (χ0v) is 17.6. The van der Waals surface area contributed by atoms with Crippen LogP contribution in [0.3, 0.4) is 0 Å². The normalized spacial score (nSPS) is 16.1. The highest BCUT2D eigenvalue weighted by Crippen LogP contribution is 2.30. The van der Waals surface area contributed by atoms with Gasteiger partial charge in [0.25, 0.3) is 5.56 Å². The van der Waals surface area contributed by atoms with Crippen LogP contribution >= 0.6 is 11.3 Å². The predicted octanol–water partition coefficient (Wildman–Crippen LogP) is 3.08. The molecule has 0 saturated heterocycles. The van der Waals surface area contributed by atoms with Crippen molar-refractivity contribution in [2.24, 2.45) is 4.99 Å². The van der Waals surface area contributed by atoms with Gasteiger partial charge < -0.3 is 4.74 Å². The van der Waals surface area contributed by atoms with Crippen molar-refractivity contribution in [2.75, 3.05) is 6.61 Å². The fourth-order valence-corrected chi connectivity index (χ4v) is 4.51. The molecule has 5 nitrogen and oxygen atoms in total. The van der Waals surface area contributed by atoms with Crippen molar-refractivity contribution in [3.05, 3.63) is 102 Å². The maximum absolute atomic E-state index is 13.5. The van der Waals surface area contributed by atoms with E-state index in [0.717, 1.165) is 0 Å². The summed E-state index contributed by atoms with van der Waals surface area (Å²) in [5, 5.41) is 0. The van der Waals surface area contributed by atoms with Crippen LogP contribution in [0.25, 0.3) is 6.08 Å². The van der Waals surface area contributed by atoms with E-state index in [4.69, 9.17) is 4.74 Å². The summed E-state index contributed by atoms with van der Waals surface area (Å²) in [6.07, 6.45) is 1.65. The van der Waals surface area contributed by atoms with Gasteiger partial charge in [-0.05, 0) is 55.3 Å². The van der Waals surface area contributed by atoms with E-state index in [1.165, 1.54) is 52.3 Å². The molecule has 158 valence electrons. The number of esters is 1. The molecular formula is C23H18F2N2O3S. The summed E-state index contributed by atoms with van der Waals surface area (Å²) in [6.45, 7) is 3.54. The molecule has 0 radical (unpaired) electrons. The molecule has 2 aromatic carbocycles. The zero-order chi connectivity index (χ0) is 22.1. The van der Waals surface area contributed by atoms with Gasteiger partial charge in [-0.3, -0.25) is 9.36 Å². The van der Waals surface area contributed by atoms with Crippen molar-refractivity contribution in [2.45, 2.75) is 19.9 Å². The molecule has 1 atom stereocenters. The average Bonchev–Trinajstić information content (AvgIpc) is 3.04. The Morgan fingerprint density at radius 2 is 1.74 bits per heavy atom. The zero-order valence-electron chi connectivity index (χ0n) is 16.8. The highest BCUT2D eigenvalue weighted by molar-refractivity contribution is 7.07. The van der Waals surface area contributed by atoms with Crippen LogP contribution in [0.1, 0.15) is 31.0 Å². The molecule has 1 aliphatic heterocycles. The fraction of sp³-hybridized carbons (Fsp3) is 0.174. The van der Waals surface area contributed by atoms with Gasteiger partial charge in [0.15, 0.2) is 4.80 Å². The fourth-order valence-electron chi connectivity index (χ4n) is 3.46. The molecule has 0 bridgehead atoms. The minimum atomic E-state index is -0.800. The number of nitrogens with zero attached hydrogens (tertiary/aromatic N) is 2. The molecular weight excluding hydrogens is 422 g/mol. The quantitative estimate of drug-likeness (QED) is 0.586. The summed E-state index contributed by atoms with van der Waals surface area (Å²) in [6, 6.07) is 10.6. The van der Waals surface area contributed by atoms with Crippen LogP contribution in [-0.4, -0.2) is 17.1 Å². The first-order valence-electron chi connectivity index (χ1n) is 9.59. The Morgan fingerprint density at radius 3 is 2.35 bits per heavy atom. The standard InChI is InChI=1S/C23H18F2N2O3S/c1-3-30-22(29)19-13(2)26-23-27(20(19)15-6-10-17(25)11-7-15)21(28)18(31-23)12-14-4-8-16(24)9-5-14/h4-12,20H,3H2,1-2H3/b18-12-/t20-/m0/s1. The van der Waals surface area contributed by atoms with Gasteiger partial charge in [-0.25, -0.2) is 18.6 Å². The van der Waals surface area contributed by atoms with Crippen molar-refractivity contribution in [3.8, 4) is 0 Å². The Hall–Kier alpha value is -3.39. The predicted molar refractivity (Wildman–Crippen MR) is 113 cm³/mol. The van der Waals surface area contributed by atoms with Crippen LogP contribution in [0.5, 0.6) is 0 Å². The minimum Gasteiger partial charge on any atom is -0.463 e. The lowest BCUT2D eigenvalue weighted by molar-refractivity contribution is -0.139. The lowest BCUT2D eigenvalue weighted by Gasteiger charge is -2.24. The number of hydrogen-bond donors (Lipinski definition) is 0. The molecule has 4 rings (SSSR count). The first-order chi connectivity index (χ1) is 14.9. The van der Waals surface area contributed by atoms with Crippen molar-refractivity contribution in [1.29, 1.82) is 0 Å². The number of ether oxygens (including phenoxy) is 1. The third kappa shape index (κ3) is 3.98. The topological polar surface area (TPSA) is 60.7 Å². The molecule has 31 heavy (non-hydrogen) atoms. The van der Waals surface area contributed by atoms with Crippen LogP contribution < -0.4 is 14.9 Å². The number of fused-ring (bicyclic) bond motifs is 1. The van der Waals surface area contributed by atoms with E-state index in [1.54, 1.807) is 32.1 Å². The summed E-state index contributed by atoms with van der Waals surface area (Å²) in [5.74, 6) is -1.37. The molecule has 0 N–H and O–H groups in total. The Balaban J connectivity index is 1.94. The van der Waals surface area contributed by atoms with Gasteiger partial charge in [0.2, 0.25) is 0 Å². The average molecular weight is 440 g/mol. The lowest BCUT2D eigenvalue weighted by atomic mass is 9.96. The summed E-state index contributed by atoms with van der Waals surface area (Å²) >= 11 is 1.17. The second-order valence-electron chi connectivity index (χ2n) is 6.91. The lowest BCUT2D eigenvalue weighted by Crippen LogP contribution is -2.39. The second kappa shape index (κ2) is 8.39. The Morgan fingerprint density at radius 1 is 1.13 bits per heavy atom. The maximum Gasteiger partial charge on any atom is 0.338 e. The number of rotatable bonds is 4. The van der Waals surface area contributed by atoms with E-state index >= 15 is 0 Å². The molecule has 0 aliphatic carbocycles. The Bertz CT molecular complexity index is 1350. The monoisotopic (exact) mass is 440 g/mol. The molecule has 0 saturated carbocycles. The second-order valence-corrected chi connectivity index (χ2v) is 7.91. The van der Waals surface area contributed by atoms with E-state index in [1.807, 2.05) is 0 Å². The molecule has 2 heterocycles. The number of allylic oxidation sites excluding steroid dienone is 1. The number of carbonyl (C=O) groups excluding carboxylic acids is 1. The van der Waals surface area contributed by atoms with Gasteiger partial charge in [-0.15, -0.1) is 0 Å². The van der Waals surface area contributed by atoms with Gasteiger partial charge >= 0.3 is 5.97 Å². The summed E-state index contributed by atoms with van der Waals surface area (Å²) in [5.41, 5.74) is 1.53. The van der Waals surface area contributed by atoms with E-state index < -0.39 is 17.8 Å². The van der Waals surface area contributed by atoms with E-state index in [2.05, 4.69) is 4.99 Å². The van der Waals surface area contributed by atoms with Crippen LogP contribution in [-0.2, 0) is 9.53 Å². The number of benzene rings is 2. The molecule has 0 spiro atoms. The summed E-state index contributed by atoms with van der Waals surface area (Å²) in [4.78, 5) is 31.0. The molecule has 0 amide bonds. The van der Waals surface area contributed by atoms with Crippen molar-refractivity contribution >= 4 is 23.4 Å². The van der Waals surface area contributed by atoms with Crippen molar-refractivity contribution in [1.82, 2.24) is 4.57 Å². The SMILES string of the molecule is CCOC(=O)C1=C(C)N=c2s/c(=C\c3ccc(F)cc3)c(=O)n2[C@H]1c1ccc(F)cc1. The van der Waals surface area contributed by atoms with Gasteiger partial charge in [0.05, 0.1) is 28.5 Å². The highest BCUT2D eigenvalue weighted by Gasteiger charge is 2.33. The van der Waals surface area contributed by atoms with Crippen LogP contribution in [0, 0.1) is 11.6 Å². The molecule has 0 fully saturated rings. The molecule has 0 unspecified atom stereocenters. The highest BCUT2D eigenvalue weighted by atomic mass is 32.1. The molecule has 8 heteroatoms. The maximum atomic E-state index is 13.5. The summed E-state index contributed by atoms with van der Waals surface area (Å²) in [7, 11) is 0. The number of halogens is 2. The van der Waals surface area contributed by atoms with Gasteiger partial charge in [-0.1, -0.05) is 35.6 Å². The van der Waals surface area contributed by atoms with E-state index in [9.17, 15) is 18.4 Å². The third-order valence-electron chi connectivity index (χ3n) is 4.87. The van der Waals surface area contributed by atoms with Gasteiger partial charge in [0, 0.05) is 0 Å². The molecule has 1 aromatic heterocycles. The van der Waals surface area contributed by atoms with Crippen molar-refractivity contribution < 1.29 is 18.3 Å². The smallest absolute Gasteiger partial charge is 0.338 e. The summed E-state index contributed by atoms with van der Waals surface area (Å²) < 4.78 is 33.8. The third-order valence-corrected chi connectivity index (χ3v) is 5.85. The van der Waals surface area contributed by atoms with Crippen LogP contribution in [0.2, 0.25) is 0 Å². The largest absolute Gasteiger partial charge is 0.463 e. The van der Waals surface area contributed by atoms with Crippen LogP contribution in [0.15, 0.2) is 69.6 Å². The van der Waals surface area contributed by atoms with Gasteiger partial charge in [-0.2, -0.15) is 0 Å². The Kier molecular flexibility index (Phi) is 5.65. The number of thiazole rings is 1. The molecule has 3 aromatic rings. The van der Waals surface area contributed by atoms with Crippen LogP contribution in [0.4, 0.5) is 8.78 Å². The van der Waals surface area contributed by atoms with E-state index in [0.29, 0.717) is 26.2 Å². The van der Waals surface area contributed by atoms with Gasteiger partial charge in [0.1, 0.15) is 11.6 Å². The number of hydrogen-bond acceptors (Lipinski definition) is 5. The Labute approximate surface area is 180 Å². The minimum absolute atomic E-state index is 0.167.